The number of pyridine rings is 1. The molecule has 4 aromatic rings. The van der Waals surface area contributed by atoms with Crippen LogP contribution in [0.25, 0.3) is 10.9 Å². The van der Waals surface area contributed by atoms with Gasteiger partial charge in [-0.05, 0) is 72.5 Å². The van der Waals surface area contributed by atoms with Gasteiger partial charge in [-0.15, -0.1) is 0 Å². The lowest BCUT2D eigenvalue weighted by Crippen LogP contribution is -2.12. The molecule has 2 aromatic carbocycles. The molecule has 0 atom stereocenters. The van der Waals surface area contributed by atoms with Crippen molar-refractivity contribution in [1.82, 2.24) is 15.2 Å². The predicted molar refractivity (Wildman–Crippen MR) is 136 cm³/mol. The standard InChI is InChI=1S/C27H23N5O4/c1-3-18-12-13-28-25(15-18)31-27(34)19-6-9-21(10-7-19)36-24-17-29-32-23-11-8-20(16-22(23)24)30-26(33)5-4-14-35-2/h6-13,15-17H,3,14H2,1-2H3,(H,30,33)(H,28,31,34). The Morgan fingerprint density at radius 2 is 1.86 bits per heavy atom. The molecular formula is C27H23N5O4. The van der Waals surface area contributed by atoms with Gasteiger partial charge in [0.2, 0.25) is 0 Å². The maximum absolute atomic E-state index is 12.6. The van der Waals surface area contributed by atoms with Crippen molar-refractivity contribution in [3.8, 4) is 23.3 Å². The van der Waals surface area contributed by atoms with Crippen molar-refractivity contribution in [1.29, 1.82) is 0 Å². The van der Waals surface area contributed by atoms with Crippen LogP contribution in [0.5, 0.6) is 11.5 Å². The van der Waals surface area contributed by atoms with Gasteiger partial charge in [0.05, 0.1) is 11.7 Å². The average Bonchev–Trinajstić information content (AvgIpc) is 2.89. The van der Waals surface area contributed by atoms with Crippen molar-refractivity contribution < 1.29 is 19.1 Å². The molecule has 0 saturated carbocycles. The molecule has 2 N–H and O–H groups in total. The lowest BCUT2D eigenvalue weighted by atomic mass is 10.2. The summed E-state index contributed by atoms with van der Waals surface area (Å²) >= 11 is 0. The smallest absolute Gasteiger partial charge is 0.300 e. The van der Waals surface area contributed by atoms with Crippen molar-refractivity contribution in [3.63, 3.8) is 0 Å². The maximum atomic E-state index is 12.6. The van der Waals surface area contributed by atoms with E-state index in [0.717, 1.165) is 12.0 Å². The first-order valence-electron chi connectivity index (χ1n) is 11.1. The monoisotopic (exact) mass is 481 g/mol. The third-order valence-electron chi connectivity index (χ3n) is 5.10. The normalized spacial score (nSPS) is 10.3. The van der Waals surface area contributed by atoms with E-state index >= 15 is 0 Å². The number of carbonyl (C=O) groups is 2. The lowest BCUT2D eigenvalue weighted by Gasteiger charge is -2.10. The molecule has 9 nitrogen and oxygen atoms in total. The zero-order valence-corrected chi connectivity index (χ0v) is 19.7. The van der Waals surface area contributed by atoms with Gasteiger partial charge in [-0.1, -0.05) is 12.8 Å². The molecular weight excluding hydrogens is 458 g/mol. The minimum Gasteiger partial charge on any atom is -0.455 e. The zero-order chi connectivity index (χ0) is 25.3. The molecule has 0 radical (unpaired) electrons. The Hall–Kier alpha value is -4.81. The van der Waals surface area contributed by atoms with Crippen molar-refractivity contribution >= 4 is 34.2 Å². The van der Waals surface area contributed by atoms with Crippen LogP contribution in [0.3, 0.4) is 0 Å². The van der Waals surface area contributed by atoms with Gasteiger partial charge in [-0.25, -0.2) is 4.98 Å². The SMILES string of the molecule is CCc1ccnc(NC(=O)c2ccc(Oc3cnnc4ccc(NC(=O)C#CCOC)cc34)cc2)c1. The number of methoxy groups -OCH3 is 1. The number of hydrogen-bond donors (Lipinski definition) is 2. The number of fused-ring (bicyclic) bond motifs is 1. The van der Waals surface area contributed by atoms with Gasteiger partial charge in [0.15, 0.2) is 5.75 Å². The molecule has 0 saturated heterocycles. The van der Waals surface area contributed by atoms with E-state index in [0.29, 0.717) is 39.5 Å². The van der Waals surface area contributed by atoms with Crippen LogP contribution in [0.2, 0.25) is 0 Å². The van der Waals surface area contributed by atoms with Crippen LogP contribution in [0, 0.1) is 11.8 Å². The highest BCUT2D eigenvalue weighted by molar-refractivity contribution is 6.05. The van der Waals surface area contributed by atoms with Crippen molar-refractivity contribution in [2.24, 2.45) is 0 Å². The number of aromatic nitrogens is 3. The lowest BCUT2D eigenvalue weighted by molar-refractivity contribution is -0.111. The Morgan fingerprint density at radius 1 is 1.03 bits per heavy atom. The Kier molecular flexibility index (Phi) is 7.80. The molecule has 2 heterocycles. The third kappa shape index (κ3) is 6.20. The summed E-state index contributed by atoms with van der Waals surface area (Å²) in [7, 11) is 1.50. The topological polar surface area (TPSA) is 115 Å². The molecule has 2 aromatic heterocycles. The molecule has 2 amide bonds. The summed E-state index contributed by atoms with van der Waals surface area (Å²) in [6.45, 7) is 2.21. The van der Waals surface area contributed by atoms with Gasteiger partial charge in [0.25, 0.3) is 11.8 Å². The maximum Gasteiger partial charge on any atom is 0.300 e. The van der Waals surface area contributed by atoms with Crippen LogP contribution in [-0.2, 0) is 16.0 Å². The molecule has 4 rings (SSSR count). The number of ether oxygens (including phenoxy) is 2. The van der Waals surface area contributed by atoms with Gasteiger partial charge < -0.3 is 20.1 Å². The number of anilines is 2. The van der Waals surface area contributed by atoms with Gasteiger partial charge in [0.1, 0.15) is 18.2 Å². The Labute approximate surface area is 207 Å². The largest absolute Gasteiger partial charge is 0.455 e. The second-order valence-corrected chi connectivity index (χ2v) is 7.61. The van der Waals surface area contributed by atoms with E-state index in [1.54, 1.807) is 48.7 Å². The predicted octanol–water partition coefficient (Wildman–Crippen LogP) is 4.22. The molecule has 0 spiro atoms. The van der Waals surface area contributed by atoms with E-state index in [1.165, 1.54) is 13.3 Å². The molecule has 0 aliphatic heterocycles. The fourth-order valence-electron chi connectivity index (χ4n) is 3.30. The van der Waals surface area contributed by atoms with Crippen LogP contribution >= 0.6 is 0 Å². The molecule has 0 bridgehead atoms. The zero-order valence-electron chi connectivity index (χ0n) is 19.7. The van der Waals surface area contributed by atoms with Crippen molar-refractivity contribution in [3.05, 3.63) is 78.1 Å². The summed E-state index contributed by atoms with van der Waals surface area (Å²) in [6, 6.07) is 15.6. The second kappa shape index (κ2) is 11.6. The molecule has 180 valence electrons. The van der Waals surface area contributed by atoms with Crippen LogP contribution in [-0.4, -0.2) is 40.7 Å². The molecule has 0 unspecified atom stereocenters. The number of amides is 2. The first-order chi connectivity index (χ1) is 17.6. The summed E-state index contributed by atoms with van der Waals surface area (Å²) in [5.74, 6) is 5.78. The number of nitrogens with zero attached hydrogens (tertiary/aromatic N) is 3. The van der Waals surface area contributed by atoms with Crippen molar-refractivity contribution in [2.75, 3.05) is 24.4 Å². The van der Waals surface area contributed by atoms with Crippen LogP contribution < -0.4 is 15.4 Å². The minimum atomic E-state index is -0.457. The van der Waals surface area contributed by atoms with E-state index in [2.05, 4.69) is 37.7 Å². The number of hydrogen-bond acceptors (Lipinski definition) is 7. The van der Waals surface area contributed by atoms with Gasteiger partial charge >= 0.3 is 0 Å². The van der Waals surface area contributed by atoms with Gasteiger partial charge in [0, 0.05) is 29.9 Å². The van der Waals surface area contributed by atoms with E-state index < -0.39 is 5.91 Å². The summed E-state index contributed by atoms with van der Waals surface area (Å²) in [6.07, 6.45) is 4.01. The third-order valence-corrected chi connectivity index (χ3v) is 5.10. The highest BCUT2D eigenvalue weighted by atomic mass is 16.5. The van der Waals surface area contributed by atoms with Crippen LogP contribution in [0.15, 0.2) is 67.0 Å². The van der Waals surface area contributed by atoms with Crippen LogP contribution in [0.1, 0.15) is 22.8 Å². The second-order valence-electron chi connectivity index (χ2n) is 7.61. The van der Waals surface area contributed by atoms with Crippen molar-refractivity contribution in [2.45, 2.75) is 13.3 Å². The summed E-state index contributed by atoms with van der Waals surface area (Å²) in [5, 5.41) is 14.3. The van der Waals surface area contributed by atoms with E-state index in [9.17, 15) is 9.59 Å². The Bertz CT molecular complexity index is 1460. The minimum absolute atomic E-state index is 0.169. The average molecular weight is 482 g/mol. The van der Waals surface area contributed by atoms with Crippen LogP contribution in [0.4, 0.5) is 11.5 Å². The molecule has 9 heteroatoms. The number of rotatable bonds is 7. The fourth-order valence-corrected chi connectivity index (χ4v) is 3.30. The van der Waals surface area contributed by atoms with E-state index in [-0.39, 0.29) is 12.5 Å². The number of carbonyl (C=O) groups excluding carboxylic acids is 2. The summed E-state index contributed by atoms with van der Waals surface area (Å²) < 4.78 is 10.8. The van der Waals surface area contributed by atoms with E-state index in [4.69, 9.17) is 9.47 Å². The Morgan fingerprint density at radius 3 is 2.64 bits per heavy atom. The summed E-state index contributed by atoms with van der Waals surface area (Å²) in [4.78, 5) is 28.8. The van der Waals surface area contributed by atoms with Gasteiger partial charge in [-0.3, -0.25) is 9.59 Å². The van der Waals surface area contributed by atoms with Gasteiger partial charge in [-0.2, -0.15) is 10.2 Å². The number of benzene rings is 2. The highest BCUT2D eigenvalue weighted by Gasteiger charge is 2.11. The number of aryl methyl sites for hydroxylation is 1. The molecule has 0 fully saturated rings. The number of nitrogens with one attached hydrogen (secondary N) is 2. The Balaban J connectivity index is 1.48. The van der Waals surface area contributed by atoms with E-state index in [1.807, 2.05) is 19.1 Å². The molecule has 36 heavy (non-hydrogen) atoms. The molecule has 0 aliphatic rings. The fraction of sp³-hybridized carbons (Fsp3) is 0.148. The quantitative estimate of drug-likeness (QED) is 0.380. The first-order valence-corrected chi connectivity index (χ1v) is 11.1. The first kappa shape index (κ1) is 24.3. The highest BCUT2D eigenvalue weighted by Crippen LogP contribution is 2.30. The molecule has 0 aliphatic carbocycles. The summed E-state index contributed by atoms with van der Waals surface area (Å²) in [5.41, 5.74) is 2.67.